The standard InChI is InChI=1S/C15H15ClN4O/c16-12-3-1-9(2-4-12)10-5-11(7-19-21)13-8-18-15(17)20-14(13)6-10/h1-4,7-8,10-11,21H,5-6H2,(H2,17,18,20). The van der Waals surface area contributed by atoms with E-state index in [4.69, 9.17) is 22.5 Å². The molecule has 108 valence electrons. The fourth-order valence-corrected chi connectivity index (χ4v) is 3.00. The van der Waals surface area contributed by atoms with E-state index in [0.29, 0.717) is 0 Å². The van der Waals surface area contributed by atoms with Crippen molar-refractivity contribution in [2.24, 2.45) is 5.16 Å². The normalized spacial score (nSPS) is 21.4. The van der Waals surface area contributed by atoms with Crippen LogP contribution in [-0.4, -0.2) is 21.4 Å². The summed E-state index contributed by atoms with van der Waals surface area (Å²) in [5.41, 5.74) is 8.77. The molecule has 1 heterocycles. The fraction of sp³-hybridized carbons (Fsp3) is 0.267. The number of nitrogen functional groups attached to an aromatic ring is 1. The van der Waals surface area contributed by atoms with E-state index in [0.717, 1.165) is 29.1 Å². The Hall–Kier alpha value is -2.14. The van der Waals surface area contributed by atoms with Crippen molar-refractivity contribution in [3.8, 4) is 0 Å². The van der Waals surface area contributed by atoms with E-state index in [1.54, 1.807) is 6.20 Å². The van der Waals surface area contributed by atoms with Gasteiger partial charge in [-0.25, -0.2) is 9.97 Å². The summed E-state index contributed by atoms with van der Waals surface area (Å²) in [6.07, 6.45) is 4.88. The molecule has 2 aromatic rings. The van der Waals surface area contributed by atoms with Crippen LogP contribution in [0.1, 0.15) is 35.1 Å². The number of nitrogens with zero attached hydrogens (tertiary/aromatic N) is 3. The number of rotatable bonds is 2. The maximum atomic E-state index is 8.88. The molecule has 3 N–H and O–H groups in total. The molecule has 2 atom stereocenters. The van der Waals surface area contributed by atoms with Gasteiger partial charge < -0.3 is 10.9 Å². The molecular weight excluding hydrogens is 288 g/mol. The summed E-state index contributed by atoms with van der Waals surface area (Å²) in [5, 5.41) is 12.8. The lowest BCUT2D eigenvalue weighted by molar-refractivity contribution is 0.318. The number of benzene rings is 1. The van der Waals surface area contributed by atoms with E-state index in [-0.39, 0.29) is 17.8 Å². The smallest absolute Gasteiger partial charge is 0.220 e. The number of hydrogen-bond acceptors (Lipinski definition) is 5. The van der Waals surface area contributed by atoms with E-state index in [2.05, 4.69) is 15.1 Å². The van der Waals surface area contributed by atoms with Gasteiger partial charge in [-0.2, -0.15) is 0 Å². The van der Waals surface area contributed by atoms with Crippen molar-refractivity contribution in [1.29, 1.82) is 0 Å². The van der Waals surface area contributed by atoms with Crippen molar-refractivity contribution in [2.45, 2.75) is 24.7 Å². The summed E-state index contributed by atoms with van der Waals surface area (Å²) in [7, 11) is 0. The highest BCUT2D eigenvalue weighted by Crippen LogP contribution is 2.38. The zero-order valence-electron chi connectivity index (χ0n) is 11.3. The van der Waals surface area contributed by atoms with Gasteiger partial charge in [0.25, 0.3) is 0 Å². The summed E-state index contributed by atoms with van der Waals surface area (Å²) < 4.78 is 0. The first-order chi connectivity index (χ1) is 10.2. The number of aromatic nitrogens is 2. The van der Waals surface area contributed by atoms with E-state index in [1.807, 2.05) is 24.3 Å². The number of fused-ring (bicyclic) bond motifs is 1. The number of oxime groups is 1. The third kappa shape index (κ3) is 2.83. The molecule has 0 bridgehead atoms. The van der Waals surface area contributed by atoms with Crippen LogP contribution >= 0.6 is 11.6 Å². The zero-order chi connectivity index (χ0) is 14.8. The monoisotopic (exact) mass is 302 g/mol. The molecule has 0 radical (unpaired) electrons. The van der Waals surface area contributed by atoms with Gasteiger partial charge in [-0.05, 0) is 36.5 Å². The van der Waals surface area contributed by atoms with Crippen LogP contribution in [0.4, 0.5) is 5.95 Å². The van der Waals surface area contributed by atoms with Gasteiger partial charge >= 0.3 is 0 Å². The van der Waals surface area contributed by atoms with E-state index < -0.39 is 0 Å². The topological polar surface area (TPSA) is 84.4 Å². The van der Waals surface area contributed by atoms with Gasteiger partial charge in [0.1, 0.15) is 0 Å². The van der Waals surface area contributed by atoms with Gasteiger partial charge in [-0.3, -0.25) is 0 Å². The van der Waals surface area contributed by atoms with Crippen LogP contribution in [0.15, 0.2) is 35.6 Å². The van der Waals surface area contributed by atoms with E-state index >= 15 is 0 Å². The van der Waals surface area contributed by atoms with Crippen LogP contribution in [0.25, 0.3) is 0 Å². The first-order valence-electron chi connectivity index (χ1n) is 6.71. The van der Waals surface area contributed by atoms with Gasteiger partial charge in [-0.15, -0.1) is 5.16 Å². The first kappa shape index (κ1) is 13.8. The molecule has 3 rings (SSSR count). The molecule has 1 aromatic carbocycles. The van der Waals surface area contributed by atoms with Crippen LogP contribution in [0.3, 0.4) is 0 Å². The van der Waals surface area contributed by atoms with Crippen LogP contribution in [0.5, 0.6) is 0 Å². The van der Waals surface area contributed by atoms with Gasteiger partial charge in [0.2, 0.25) is 5.95 Å². The SMILES string of the molecule is Nc1ncc2c(n1)CC(c1ccc(Cl)cc1)CC2C=NO. The highest BCUT2D eigenvalue weighted by atomic mass is 35.5. The Balaban J connectivity index is 1.98. The maximum absolute atomic E-state index is 8.88. The average molecular weight is 303 g/mol. The van der Waals surface area contributed by atoms with E-state index in [1.165, 1.54) is 11.8 Å². The molecule has 1 aromatic heterocycles. The summed E-state index contributed by atoms with van der Waals surface area (Å²) >= 11 is 5.94. The number of nitrogens with two attached hydrogens (primary N) is 1. The minimum absolute atomic E-state index is 0.0139. The molecule has 2 unspecified atom stereocenters. The van der Waals surface area contributed by atoms with Gasteiger partial charge in [0, 0.05) is 22.7 Å². The molecule has 6 heteroatoms. The molecule has 0 amide bonds. The molecular formula is C15H15ClN4O. The summed E-state index contributed by atoms with van der Waals surface area (Å²) in [6.45, 7) is 0. The van der Waals surface area contributed by atoms with Crippen LogP contribution in [-0.2, 0) is 6.42 Å². The number of anilines is 1. The molecule has 1 aliphatic carbocycles. The lowest BCUT2D eigenvalue weighted by Gasteiger charge is -2.28. The predicted octanol–water partition coefficient (Wildman–Crippen LogP) is 2.99. The summed E-state index contributed by atoms with van der Waals surface area (Å²) in [5.74, 6) is 0.539. The van der Waals surface area contributed by atoms with Gasteiger partial charge in [-0.1, -0.05) is 23.7 Å². The molecule has 0 aliphatic heterocycles. The summed E-state index contributed by atoms with van der Waals surface area (Å²) in [4.78, 5) is 8.38. The van der Waals surface area contributed by atoms with E-state index in [9.17, 15) is 0 Å². The third-order valence-corrected chi connectivity index (χ3v) is 4.14. The second-order valence-electron chi connectivity index (χ2n) is 5.19. The van der Waals surface area contributed by atoms with Crippen LogP contribution in [0, 0.1) is 0 Å². The molecule has 0 spiro atoms. The highest BCUT2D eigenvalue weighted by molar-refractivity contribution is 6.30. The van der Waals surface area contributed by atoms with Crippen molar-refractivity contribution >= 4 is 23.8 Å². The van der Waals surface area contributed by atoms with Gasteiger partial charge in [0.15, 0.2) is 0 Å². The van der Waals surface area contributed by atoms with Crippen molar-refractivity contribution in [2.75, 3.05) is 5.73 Å². The summed E-state index contributed by atoms with van der Waals surface area (Å²) in [6, 6.07) is 7.82. The fourth-order valence-electron chi connectivity index (χ4n) is 2.88. The van der Waals surface area contributed by atoms with Crippen LogP contribution < -0.4 is 5.73 Å². The Kier molecular flexibility index (Phi) is 3.75. The molecule has 21 heavy (non-hydrogen) atoms. The average Bonchev–Trinajstić information content (AvgIpc) is 2.47. The lowest BCUT2D eigenvalue weighted by Crippen LogP contribution is -2.21. The Labute approximate surface area is 127 Å². The Morgan fingerprint density at radius 1 is 1.33 bits per heavy atom. The van der Waals surface area contributed by atoms with Gasteiger partial charge in [0.05, 0.1) is 11.9 Å². The predicted molar refractivity (Wildman–Crippen MR) is 82.0 cm³/mol. The zero-order valence-corrected chi connectivity index (χ0v) is 12.0. The molecule has 0 saturated carbocycles. The first-order valence-corrected chi connectivity index (χ1v) is 7.09. The highest BCUT2D eigenvalue weighted by Gasteiger charge is 2.28. The van der Waals surface area contributed by atoms with Crippen LogP contribution in [0.2, 0.25) is 5.02 Å². The third-order valence-electron chi connectivity index (χ3n) is 3.88. The Bertz CT molecular complexity index is 672. The van der Waals surface area contributed by atoms with Crippen molar-refractivity contribution in [3.05, 3.63) is 52.3 Å². The molecule has 0 saturated heterocycles. The maximum Gasteiger partial charge on any atom is 0.220 e. The Morgan fingerprint density at radius 3 is 2.81 bits per heavy atom. The second kappa shape index (κ2) is 5.69. The quantitative estimate of drug-likeness (QED) is 0.507. The lowest BCUT2D eigenvalue weighted by atomic mass is 9.77. The number of halogens is 1. The largest absolute Gasteiger partial charge is 0.411 e. The molecule has 1 aliphatic rings. The second-order valence-corrected chi connectivity index (χ2v) is 5.63. The van der Waals surface area contributed by atoms with Crippen molar-refractivity contribution < 1.29 is 5.21 Å². The molecule has 0 fully saturated rings. The minimum atomic E-state index is -0.0139. The van der Waals surface area contributed by atoms with Crippen molar-refractivity contribution in [1.82, 2.24) is 9.97 Å². The Morgan fingerprint density at radius 2 is 2.10 bits per heavy atom. The van der Waals surface area contributed by atoms with Crippen molar-refractivity contribution in [3.63, 3.8) is 0 Å². The molecule has 5 nitrogen and oxygen atoms in total. The number of hydrogen-bond donors (Lipinski definition) is 2. The minimum Gasteiger partial charge on any atom is -0.411 e.